The number of anilines is 1. The summed E-state index contributed by atoms with van der Waals surface area (Å²) < 4.78 is 0. The van der Waals surface area contributed by atoms with E-state index in [1.807, 2.05) is 30.3 Å². The molecule has 1 N–H and O–H groups in total. The first kappa shape index (κ1) is 13.6. The second kappa shape index (κ2) is 5.89. The third-order valence-electron chi connectivity index (χ3n) is 3.13. The third kappa shape index (κ3) is 2.96. The van der Waals surface area contributed by atoms with Gasteiger partial charge >= 0.3 is 0 Å². The molecular weight excluding hydrogens is 252 g/mol. The van der Waals surface area contributed by atoms with Crippen molar-refractivity contribution in [3.05, 3.63) is 69.3 Å². The van der Waals surface area contributed by atoms with E-state index in [2.05, 4.69) is 11.2 Å². The summed E-state index contributed by atoms with van der Waals surface area (Å²) >= 11 is 0. The minimum Gasteiger partial charge on any atom is -0.381 e. The van der Waals surface area contributed by atoms with E-state index in [0.29, 0.717) is 12.1 Å². The molecule has 2 aromatic carbocycles. The van der Waals surface area contributed by atoms with Gasteiger partial charge in [0.15, 0.2) is 0 Å². The Bertz CT molecular complexity index is 687. The van der Waals surface area contributed by atoms with E-state index in [1.165, 1.54) is 6.07 Å². The Morgan fingerprint density at radius 2 is 2.05 bits per heavy atom. The lowest BCUT2D eigenvalue weighted by Gasteiger charge is -2.09. The van der Waals surface area contributed by atoms with Gasteiger partial charge in [0.2, 0.25) is 0 Å². The molecule has 2 rings (SSSR count). The summed E-state index contributed by atoms with van der Waals surface area (Å²) in [5.74, 6) is 2.57. The second-order valence-corrected chi connectivity index (χ2v) is 4.40. The summed E-state index contributed by atoms with van der Waals surface area (Å²) in [6.45, 7) is 2.27. The maximum Gasteiger partial charge on any atom is 0.272 e. The van der Waals surface area contributed by atoms with Crippen molar-refractivity contribution in [3.63, 3.8) is 0 Å². The topological polar surface area (TPSA) is 55.2 Å². The molecule has 0 amide bonds. The largest absolute Gasteiger partial charge is 0.381 e. The van der Waals surface area contributed by atoms with E-state index in [9.17, 15) is 10.1 Å². The highest BCUT2D eigenvalue weighted by molar-refractivity contribution is 5.51. The Morgan fingerprint density at radius 3 is 2.75 bits per heavy atom. The van der Waals surface area contributed by atoms with Crippen LogP contribution in [0.25, 0.3) is 0 Å². The van der Waals surface area contributed by atoms with Crippen LogP contribution >= 0.6 is 0 Å². The molecule has 0 fully saturated rings. The van der Waals surface area contributed by atoms with Gasteiger partial charge in [-0.3, -0.25) is 10.1 Å². The van der Waals surface area contributed by atoms with E-state index in [1.54, 1.807) is 13.0 Å². The van der Waals surface area contributed by atoms with Gasteiger partial charge in [-0.15, -0.1) is 6.42 Å². The van der Waals surface area contributed by atoms with Crippen LogP contribution in [0.5, 0.6) is 0 Å². The summed E-state index contributed by atoms with van der Waals surface area (Å²) in [7, 11) is 0. The maximum atomic E-state index is 10.9. The van der Waals surface area contributed by atoms with Crippen molar-refractivity contribution < 1.29 is 4.92 Å². The van der Waals surface area contributed by atoms with E-state index in [0.717, 1.165) is 16.8 Å². The SMILES string of the molecule is C#Cc1cccc(NCc2cccc([N+](=O)[O-])c2C)c1. The van der Waals surface area contributed by atoms with Crippen molar-refractivity contribution in [2.75, 3.05) is 5.32 Å². The molecule has 0 aliphatic carbocycles. The number of rotatable bonds is 4. The van der Waals surface area contributed by atoms with E-state index < -0.39 is 0 Å². The summed E-state index contributed by atoms with van der Waals surface area (Å²) in [5.41, 5.74) is 3.40. The van der Waals surface area contributed by atoms with E-state index in [-0.39, 0.29) is 10.6 Å². The average Bonchev–Trinajstić information content (AvgIpc) is 2.46. The molecule has 4 nitrogen and oxygen atoms in total. The average molecular weight is 266 g/mol. The van der Waals surface area contributed by atoms with Crippen LogP contribution < -0.4 is 5.32 Å². The zero-order chi connectivity index (χ0) is 14.5. The van der Waals surface area contributed by atoms with Gasteiger partial charge in [-0.2, -0.15) is 0 Å². The number of nitrogens with zero attached hydrogens (tertiary/aromatic N) is 1. The highest BCUT2D eigenvalue weighted by atomic mass is 16.6. The molecule has 0 saturated heterocycles. The van der Waals surface area contributed by atoms with Gasteiger partial charge in [0.25, 0.3) is 5.69 Å². The van der Waals surface area contributed by atoms with Crippen molar-refractivity contribution in [3.8, 4) is 12.3 Å². The molecule has 100 valence electrons. The molecule has 0 atom stereocenters. The number of hydrogen-bond donors (Lipinski definition) is 1. The van der Waals surface area contributed by atoms with Crippen molar-refractivity contribution in [2.45, 2.75) is 13.5 Å². The zero-order valence-corrected chi connectivity index (χ0v) is 11.1. The first-order valence-corrected chi connectivity index (χ1v) is 6.15. The van der Waals surface area contributed by atoms with Crippen molar-refractivity contribution >= 4 is 11.4 Å². The number of hydrogen-bond acceptors (Lipinski definition) is 3. The third-order valence-corrected chi connectivity index (χ3v) is 3.13. The zero-order valence-electron chi connectivity index (χ0n) is 11.1. The molecule has 0 aliphatic heterocycles. The predicted molar refractivity (Wildman–Crippen MR) is 79.5 cm³/mol. The molecule has 20 heavy (non-hydrogen) atoms. The predicted octanol–water partition coefficient (Wildman–Crippen LogP) is 3.50. The van der Waals surface area contributed by atoms with Crippen LogP contribution in [-0.4, -0.2) is 4.92 Å². The van der Waals surface area contributed by atoms with Gasteiger partial charge in [0.05, 0.1) is 4.92 Å². The van der Waals surface area contributed by atoms with Crippen LogP contribution in [0.4, 0.5) is 11.4 Å². The molecule has 0 saturated carbocycles. The molecule has 0 unspecified atom stereocenters. The van der Waals surface area contributed by atoms with E-state index in [4.69, 9.17) is 6.42 Å². The van der Waals surface area contributed by atoms with Crippen molar-refractivity contribution in [1.29, 1.82) is 0 Å². The standard InChI is InChI=1S/C16H14N2O2/c1-3-13-6-4-8-15(10-13)17-11-14-7-5-9-16(12(14)2)18(19)20/h1,4-10,17H,11H2,2H3. The summed E-state index contributed by atoms with van der Waals surface area (Å²) in [4.78, 5) is 10.5. The molecule has 0 radical (unpaired) electrons. The molecule has 4 heteroatoms. The summed E-state index contributed by atoms with van der Waals surface area (Å²) in [6, 6.07) is 12.6. The van der Waals surface area contributed by atoms with Gasteiger partial charge in [-0.25, -0.2) is 0 Å². The number of benzene rings is 2. The molecule has 0 aromatic heterocycles. The minimum atomic E-state index is -0.363. The summed E-state index contributed by atoms with van der Waals surface area (Å²) in [5, 5.41) is 14.1. The van der Waals surface area contributed by atoms with Gasteiger partial charge in [0, 0.05) is 29.4 Å². The number of nitro benzene ring substituents is 1. The van der Waals surface area contributed by atoms with Crippen LogP contribution in [0.2, 0.25) is 0 Å². The maximum absolute atomic E-state index is 10.9. The van der Waals surface area contributed by atoms with Crippen molar-refractivity contribution in [1.82, 2.24) is 0 Å². The fraction of sp³-hybridized carbons (Fsp3) is 0.125. The molecule has 0 heterocycles. The van der Waals surface area contributed by atoms with Crippen LogP contribution in [0.1, 0.15) is 16.7 Å². The molecule has 2 aromatic rings. The van der Waals surface area contributed by atoms with Crippen LogP contribution in [0.3, 0.4) is 0 Å². The molecule has 0 spiro atoms. The first-order chi connectivity index (χ1) is 9.61. The molecule has 0 bridgehead atoms. The van der Waals surface area contributed by atoms with Crippen LogP contribution in [0.15, 0.2) is 42.5 Å². The molecule has 0 aliphatic rings. The normalized spacial score (nSPS) is 9.80. The Kier molecular flexibility index (Phi) is 4.02. The highest BCUT2D eigenvalue weighted by Crippen LogP contribution is 2.22. The smallest absolute Gasteiger partial charge is 0.272 e. The van der Waals surface area contributed by atoms with Gasteiger partial charge in [-0.1, -0.05) is 24.1 Å². The lowest BCUT2D eigenvalue weighted by Crippen LogP contribution is -2.03. The first-order valence-electron chi connectivity index (χ1n) is 6.15. The molecular formula is C16H14N2O2. The lowest BCUT2D eigenvalue weighted by atomic mass is 10.1. The quantitative estimate of drug-likeness (QED) is 0.523. The Morgan fingerprint density at radius 1 is 1.30 bits per heavy atom. The lowest BCUT2D eigenvalue weighted by molar-refractivity contribution is -0.385. The number of nitrogens with one attached hydrogen (secondary N) is 1. The fourth-order valence-corrected chi connectivity index (χ4v) is 1.98. The Balaban J connectivity index is 2.17. The van der Waals surface area contributed by atoms with Gasteiger partial charge in [-0.05, 0) is 30.7 Å². The number of terminal acetylenes is 1. The van der Waals surface area contributed by atoms with Crippen molar-refractivity contribution in [2.24, 2.45) is 0 Å². The fourth-order valence-electron chi connectivity index (χ4n) is 1.98. The van der Waals surface area contributed by atoms with Gasteiger partial charge < -0.3 is 5.32 Å². The van der Waals surface area contributed by atoms with E-state index >= 15 is 0 Å². The van der Waals surface area contributed by atoms with Crippen LogP contribution in [0, 0.1) is 29.4 Å². The highest BCUT2D eigenvalue weighted by Gasteiger charge is 2.12. The number of nitro groups is 1. The Labute approximate surface area is 117 Å². The second-order valence-electron chi connectivity index (χ2n) is 4.40. The van der Waals surface area contributed by atoms with Crippen LogP contribution in [-0.2, 0) is 6.54 Å². The summed E-state index contributed by atoms with van der Waals surface area (Å²) in [6.07, 6.45) is 5.35. The van der Waals surface area contributed by atoms with Gasteiger partial charge in [0.1, 0.15) is 0 Å². The monoisotopic (exact) mass is 266 g/mol. The Hall–Kier alpha value is -2.80. The minimum absolute atomic E-state index is 0.140.